The van der Waals surface area contributed by atoms with E-state index in [9.17, 15) is 0 Å². The molecule has 0 bridgehead atoms. The second-order valence-corrected chi connectivity index (χ2v) is 25.0. The van der Waals surface area contributed by atoms with Crippen LogP contribution in [0.15, 0.2) is 299 Å². The van der Waals surface area contributed by atoms with E-state index in [0.717, 1.165) is 51.2 Å². The topological polar surface area (TPSA) is 13.0 Å². The van der Waals surface area contributed by atoms with E-state index >= 15 is 0 Å². The first kappa shape index (κ1) is 48.4. The van der Waals surface area contributed by atoms with E-state index in [2.05, 4.69) is 312 Å². The van der Waals surface area contributed by atoms with E-state index < -0.39 is 0 Å². The van der Waals surface area contributed by atoms with Gasteiger partial charge in [-0.05, 0) is 159 Å². The normalized spacial score (nSPS) is 14.0. The van der Waals surface area contributed by atoms with Crippen molar-refractivity contribution in [1.29, 1.82) is 0 Å². The zero-order valence-corrected chi connectivity index (χ0v) is 47.5. The molecule has 4 aliphatic heterocycles. The standard InChI is InChI=1S/C75H52B2N4S2/c1-75(2)59-35-19-18-34-57(59)58-41-40-54(42-60(58)75)81-65-38-22-20-36-61(65)76-63-47-64-70(83-72-46-56(45-71-74(72)77(64)62-37-21-23-39-69(62)82-71)79(51-28-12-5-13-29-51)52-30-14-6-15-31-52)48-66(63)80(53-32-16-7-17-33-53)67-43-55(44-68(81)73(67)76)78(49-24-8-3-9-25-49)50-26-10-4-11-27-50/h3-48H,1-2H3. The molecule has 0 amide bonds. The molecule has 5 aliphatic rings. The molecule has 1 aliphatic carbocycles. The van der Waals surface area contributed by atoms with Crippen molar-refractivity contribution >= 4 is 138 Å². The third kappa shape index (κ3) is 7.45. The molecule has 0 radical (unpaired) electrons. The molecule has 12 aromatic rings. The number of para-hydroxylation sites is 6. The minimum Gasteiger partial charge on any atom is -0.311 e. The fraction of sp³-hybridized carbons (Fsp3) is 0.0400. The first-order valence-electron chi connectivity index (χ1n) is 28.7. The maximum Gasteiger partial charge on any atom is 0.252 e. The van der Waals surface area contributed by atoms with Crippen molar-refractivity contribution in [2.24, 2.45) is 0 Å². The molecule has 0 unspecified atom stereocenters. The van der Waals surface area contributed by atoms with Crippen molar-refractivity contribution in [2.45, 2.75) is 38.8 Å². The summed E-state index contributed by atoms with van der Waals surface area (Å²) in [6.45, 7) is 4.72. The van der Waals surface area contributed by atoms with E-state index in [1.165, 1.54) is 91.7 Å². The van der Waals surface area contributed by atoms with Crippen LogP contribution < -0.4 is 52.4 Å². The molecule has 0 saturated carbocycles. The smallest absolute Gasteiger partial charge is 0.252 e. The SMILES string of the molecule is CC1(C)c2ccccc2-c2ccc(N3c4ccccc4B4c5cc6c(cc5N(c5ccccc5)c5cc(N(c7ccccc7)c7ccccc7)cc3c54)Sc3cc(N(c4ccccc4)c4ccccc4)cc4c3B6c3ccccc3S4)cc21. The molecule has 0 saturated heterocycles. The van der Waals surface area contributed by atoms with Crippen molar-refractivity contribution in [3.05, 3.63) is 290 Å². The molecule has 4 heterocycles. The molecule has 8 heteroatoms. The summed E-state index contributed by atoms with van der Waals surface area (Å²) in [6, 6.07) is 104. The van der Waals surface area contributed by atoms with Crippen LogP contribution in [0.2, 0.25) is 0 Å². The van der Waals surface area contributed by atoms with E-state index in [0.29, 0.717) is 0 Å². The lowest BCUT2D eigenvalue weighted by molar-refractivity contribution is 0.660. The summed E-state index contributed by atoms with van der Waals surface area (Å²) < 4.78 is 0. The number of anilines is 12. The van der Waals surface area contributed by atoms with E-state index in [4.69, 9.17) is 0 Å². The van der Waals surface area contributed by atoms with Gasteiger partial charge in [-0.3, -0.25) is 0 Å². The summed E-state index contributed by atoms with van der Waals surface area (Å²) >= 11 is 3.85. The largest absolute Gasteiger partial charge is 0.311 e. The van der Waals surface area contributed by atoms with Gasteiger partial charge in [0.05, 0.1) is 5.69 Å². The monoisotopic (exact) mass is 1090 g/mol. The van der Waals surface area contributed by atoms with Crippen LogP contribution in [0.25, 0.3) is 11.1 Å². The van der Waals surface area contributed by atoms with Gasteiger partial charge in [-0.15, -0.1) is 0 Å². The van der Waals surface area contributed by atoms with E-state index in [1.54, 1.807) is 0 Å². The Kier molecular flexibility index (Phi) is 11.0. The highest BCUT2D eigenvalue weighted by Gasteiger charge is 2.47. The van der Waals surface area contributed by atoms with Crippen LogP contribution in [-0.2, 0) is 5.41 Å². The fourth-order valence-electron chi connectivity index (χ4n) is 14.3. The lowest BCUT2D eigenvalue weighted by Crippen LogP contribution is -2.64. The lowest BCUT2D eigenvalue weighted by atomic mass is 9.31. The van der Waals surface area contributed by atoms with E-state index in [1.807, 2.05) is 23.5 Å². The molecule has 0 aromatic heterocycles. The highest BCUT2D eigenvalue weighted by molar-refractivity contribution is 8.01. The second kappa shape index (κ2) is 18.9. The van der Waals surface area contributed by atoms with Crippen LogP contribution in [0.1, 0.15) is 25.0 Å². The zero-order chi connectivity index (χ0) is 54.9. The molecule has 0 fully saturated rings. The molecule has 0 atom stereocenters. The minimum absolute atomic E-state index is 0.0305. The molecule has 390 valence electrons. The Balaban J connectivity index is 0.932. The van der Waals surface area contributed by atoms with Crippen molar-refractivity contribution in [1.82, 2.24) is 0 Å². The van der Waals surface area contributed by atoms with Gasteiger partial charge in [0.1, 0.15) is 0 Å². The molecule has 0 spiro atoms. The van der Waals surface area contributed by atoms with Gasteiger partial charge in [0.25, 0.3) is 6.71 Å². The lowest BCUT2D eigenvalue weighted by Gasteiger charge is -2.46. The van der Waals surface area contributed by atoms with Gasteiger partial charge < -0.3 is 19.6 Å². The predicted molar refractivity (Wildman–Crippen MR) is 353 cm³/mol. The fourth-order valence-corrected chi connectivity index (χ4v) is 16.8. The Morgan fingerprint density at radius 1 is 0.301 bits per heavy atom. The molecular weight excluding hydrogens is 1040 g/mol. The van der Waals surface area contributed by atoms with Crippen LogP contribution in [-0.4, -0.2) is 13.4 Å². The molecule has 4 nitrogen and oxygen atoms in total. The summed E-state index contributed by atoms with van der Waals surface area (Å²) in [4.78, 5) is 15.2. The summed E-state index contributed by atoms with van der Waals surface area (Å²) in [5, 5.41) is 0. The van der Waals surface area contributed by atoms with Gasteiger partial charge in [0.2, 0.25) is 6.71 Å². The number of hydrogen-bond donors (Lipinski definition) is 0. The van der Waals surface area contributed by atoms with Gasteiger partial charge in [0, 0.05) is 87.6 Å². The zero-order valence-electron chi connectivity index (χ0n) is 45.8. The number of nitrogens with zero attached hydrogens (tertiary/aromatic N) is 4. The second-order valence-electron chi connectivity index (χ2n) is 22.8. The highest BCUT2D eigenvalue weighted by Crippen LogP contribution is 2.54. The summed E-state index contributed by atoms with van der Waals surface area (Å²) in [5.41, 5.74) is 26.9. The number of hydrogen-bond acceptors (Lipinski definition) is 6. The molecule has 17 rings (SSSR count). The number of fused-ring (bicyclic) bond motifs is 11. The van der Waals surface area contributed by atoms with Gasteiger partial charge in [0.15, 0.2) is 0 Å². The van der Waals surface area contributed by atoms with Crippen LogP contribution >= 0.6 is 23.5 Å². The van der Waals surface area contributed by atoms with Crippen LogP contribution in [0.5, 0.6) is 0 Å². The molecule has 83 heavy (non-hydrogen) atoms. The Bertz CT molecular complexity index is 4500. The third-order valence-electron chi connectivity index (χ3n) is 17.9. The van der Waals surface area contributed by atoms with Gasteiger partial charge >= 0.3 is 0 Å². The van der Waals surface area contributed by atoms with E-state index in [-0.39, 0.29) is 18.8 Å². The third-order valence-corrected chi connectivity index (χ3v) is 20.1. The van der Waals surface area contributed by atoms with Gasteiger partial charge in [-0.1, -0.05) is 212 Å². The quantitative estimate of drug-likeness (QED) is 0.140. The summed E-state index contributed by atoms with van der Waals surface area (Å²) in [7, 11) is 0. The Hall–Kier alpha value is -9.33. The average molecular weight is 1100 g/mol. The first-order valence-corrected chi connectivity index (χ1v) is 30.4. The molecular formula is C75H52B2N4S2. The summed E-state index contributed by atoms with van der Waals surface area (Å²) in [5.74, 6) is 0. The first-order chi connectivity index (χ1) is 40.9. The van der Waals surface area contributed by atoms with Crippen molar-refractivity contribution in [2.75, 3.05) is 19.6 Å². The highest BCUT2D eigenvalue weighted by atomic mass is 32.2. The summed E-state index contributed by atoms with van der Waals surface area (Å²) in [6.07, 6.45) is 0. The number of benzene rings is 12. The average Bonchev–Trinajstić information content (AvgIpc) is 1.27. The van der Waals surface area contributed by atoms with Crippen LogP contribution in [0.3, 0.4) is 0 Å². The Morgan fingerprint density at radius 2 is 0.783 bits per heavy atom. The maximum atomic E-state index is 2.64. The van der Waals surface area contributed by atoms with Gasteiger partial charge in [-0.25, -0.2) is 0 Å². The predicted octanol–water partition coefficient (Wildman–Crippen LogP) is 16.5. The van der Waals surface area contributed by atoms with Crippen molar-refractivity contribution in [3.63, 3.8) is 0 Å². The minimum atomic E-state index is -0.182. The molecule has 0 N–H and O–H groups in total. The molecule has 12 aromatic carbocycles. The maximum absolute atomic E-state index is 2.64. The Morgan fingerprint density at radius 3 is 1.41 bits per heavy atom. The van der Waals surface area contributed by atoms with Crippen LogP contribution in [0, 0.1) is 0 Å². The van der Waals surface area contributed by atoms with Crippen molar-refractivity contribution < 1.29 is 0 Å². The number of rotatable bonds is 8. The Labute approximate surface area is 494 Å². The van der Waals surface area contributed by atoms with Gasteiger partial charge in [-0.2, -0.15) is 0 Å². The van der Waals surface area contributed by atoms with Crippen LogP contribution in [0.4, 0.5) is 68.2 Å². The van der Waals surface area contributed by atoms with Crippen molar-refractivity contribution in [3.8, 4) is 11.1 Å².